The Kier molecular flexibility index (Phi) is 6.23. The highest BCUT2D eigenvalue weighted by Gasteiger charge is 2.28. The quantitative estimate of drug-likeness (QED) is 0.605. The molecule has 1 aromatic rings. The predicted octanol–water partition coefficient (Wildman–Crippen LogP) is 2.75. The Morgan fingerprint density at radius 3 is 2.72 bits per heavy atom. The fraction of sp³-hybridized carbons (Fsp3) is 0.611. The molecule has 1 aliphatic carbocycles. The average molecular weight is 384 g/mol. The van der Waals surface area contributed by atoms with Gasteiger partial charge in [-0.2, -0.15) is 0 Å². The summed E-state index contributed by atoms with van der Waals surface area (Å²) in [6, 6.07) is 8.16. The second-order valence-corrected chi connectivity index (χ2v) is 9.74. The Labute approximate surface area is 155 Å². The van der Waals surface area contributed by atoms with Crippen LogP contribution in [0.2, 0.25) is 5.02 Å². The maximum absolute atomic E-state index is 11.6. The zero-order valence-corrected chi connectivity index (χ0v) is 16.0. The molecule has 1 aliphatic heterocycles. The normalized spacial score (nSPS) is 23.7. The van der Waals surface area contributed by atoms with Crippen molar-refractivity contribution in [1.29, 1.82) is 0 Å². The first-order valence-electron chi connectivity index (χ1n) is 9.00. The van der Waals surface area contributed by atoms with Crippen LogP contribution in [0, 0.1) is 5.92 Å². The Bertz CT molecular complexity index is 715. The lowest BCUT2D eigenvalue weighted by Crippen LogP contribution is -2.44. The second kappa shape index (κ2) is 8.41. The third kappa shape index (κ3) is 5.89. The van der Waals surface area contributed by atoms with Crippen LogP contribution in [0.1, 0.15) is 37.7 Å². The van der Waals surface area contributed by atoms with Gasteiger partial charge in [0.2, 0.25) is 0 Å². The largest absolute Gasteiger partial charge is 0.356 e. The lowest BCUT2D eigenvalue weighted by Gasteiger charge is -2.19. The fourth-order valence-electron chi connectivity index (χ4n) is 3.50. The third-order valence-corrected chi connectivity index (χ3v) is 6.96. The van der Waals surface area contributed by atoms with Crippen LogP contribution in [-0.2, 0) is 16.4 Å². The van der Waals surface area contributed by atoms with Gasteiger partial charge in [0.15, 0.2) is 15.8 Å². The van der Waals surface area contributed by atoms with E-state index >= 15 is 0 Å². The molecule has 0 spiro atoms. The van der Waals surface area contributed by atoms with E-state index in [1.54, 1.807) is 0 Å². The van der Waals surface area contributed by atoms with E-state index in [-0.39, 0.29) is 11.7 Å². The van der Waals surface area contributed by atoms with Crippen molar-refractivity contribution >= 4 is 27.4 Å². The van der Waals surface area contributed by atoms with Crippen LogP contribution in [-0.4, -0.2) is 38.5 Å². The van der Waals surface area contributed by atoms with Crippen LogP contribution < -0.4 is 10.6 Å². The molecule has 25 heavy (non-hydrogen) atoms. The maximum atomic E-state index is 11.6. The molecule has 0 bridgehead atoms. The third-order valence-electron chi connectivity index (χ3n) is 4.89. The summed E-state index contributed by atoms with van der Waals surface area (Å²) in [5.41, 5.74) is 1.06. The Morgan fingerprint density at radius 2 is 2.04 bits per heavy atom. The zero-order valence-electron chi connectivity index (χ0n) is 14.4. The average Bonchev–Trinajstić information content (AvgIpc) is 3.19. The van der Waals surface area contributed by atoms with Crippen molar-refractivity contribution in [3.8, 4) is 0 Å². The maximum Gasteiger partial charge on any atom is 0.191 e. The van der Waals surface area contributed by atoms with Crippen molar-refractivity contribution in [1.82, 2.24) is 10.6 Å². The molecule has 2 aliphatic rings. The summed E-state index contributed by atoms with van der Waals surface area (Å²) in [6.45, 7) is 1.19. The molecule has 5 nitrogen and oxygen atoms in total. The van der Waals surface area contributed by atoms with E-state index < -0.39 is 9.84 Å². The van der Waals surface area contributed by atoms with Crippen molar-refractivity contribution in [3.63, 3.8) is 0 Å². The number of nitrogens with one attached hydrogen (secondary N) is 2. The molecule has 1 heterocycles. The van der Waals surface area contributed by atoms with E-state index in [1.165, 1.54) is 12.8 Å². The van der Waals surface area contributed by atoms with Crippen LogP contribution in [0.5, 0.6) is 0 Å². The van der Waals surface area contributed by atoms with Gasteiger partial charge in [-0.1, -0.05) is 36.6 Å². The first kappa shape index (κ1) is 18.5. The first-order valence-corrected chi connectivity index (χ1v) is 11.2. The monoisotopic (exact) mass is 383 g/mol. The van der Waals surface area contributed by atoms with Gasteiger partial charge >= 0.3 is 0 Å². The summed E-state index contributed by atoms with van der Waals surface area (Å²) >= 11 is 6.04. The van der Waals surface area contributed by atoms with Gasteiger partial charge in [-0.15, -0.1) is 0 Å². The van der Waals surface area contributed by atoms with E-state index in [2.05, 4.69) is 15.6 Å². The molecule has 0 amide bonds. The molecular weight excluding hydrogens is 358 g/mol. The number of hydrogen-bond donors (Lipinski definition) is 2. The molecule has 1 aromatic carbocycles. The van der Waals surface area contributed by atoms with Crippen molar-refractivity contribution in [2.75, 3.05) is 18.1 Å². The molecule has 1 saturated heterocycles. The number of sulfone groups is 1. The standard InChI is InChI=1S/C18H26ClN3O2S/c19-16-5-3-4-14(10-16)11-20-18(22-17-6-1-2-7-17)21-12-15-8-9-25(23,24)13-15/h3-5,10,15,17H,1-2,6-9,11-13H2,(H2,20,21,22). The number of rotatable bonds is 5. The highest BCUT2D eigenvalue weighted by atomic mass is 35.5. The lowest BCUT2D eigenvalue weighted by molar-refractivity contribution is 0.553. The van der Waals surface area contributed by atoms with E-state index in [9.17, 15) is 8.42 Å². The number of hydrogen-bond acceptors (Lipinski definition) is 3. The number of benzene rings is 1. The highest BCUT2D eigenvalue weighted by Crippen LogP contribution is 2.19. The summed E-state index contributed by atoms with van der Waals surface area (Å²) in [5, 5.41) is 7.56. The fourth-order valence-corrected chi connectivity index (χ4v) is 5.57. The van der Waals surface area contributed by atoms with Crippen LogP contribution >= 0.6 is 11.6 Å². The molecule has 0 radical (unpaired) electrons. The van der Waals surface area contributed by atoms with Crippen LogP contribution in [0.25, 0.3) is 0 Å². The summed E-state index contributed by atoms with van der Waals surface area (Å²) in [7, 11) is -2.84. The summed E-state index contributed by atoms with van der Waals surface area (Å²) in [5.74, 6) is 1.54. The second-order valence-electron chi connectivity index (χ2n) is 7.07. The zero-order chi connectivity index (χ0) is 17.7. The molecule has 1 unspecified atom stereocenters. The molecule has 3 rings (SSSR count). The number of aliphatic imine (C=N–C) groups is 1. The van der Waals surface area contributed by atoms with E-state index in [0.29, 0.717) is 29.9 Å². The van der Waals surface area contributed by atoms with Gasteiger partial charge in [0.05, 0.1) is 18.1 Å². The SMILES string of the molecule is O=S1(=O)CCC(CNC(=NCc2cccc(Cl)c2)NC2CCCC2)C1. The number of guanidine groups is 1. The van der Waals surface area contributed by atoms with Crippen molar-refractivity contribution in [3.05, 3.63) is 34.9 Å². The van der Waals surface area contributed by atoms with Gasteiger partial charge in [-0.25, -0.2) is 13.4 Å². The van der Waals surface area contributed by atoms with Crippen molar-refractivity contribution in [2.24, 2.45) is 10.9 Å². The lowest BCUT2D eigenvalue weighted by atomic mass is 10.1. The molecule has 1 atom stereocenters. The Hall–Kier alpha value is -1.27. The molecule has 1 saturated carbocycles. The molecule has 138 valence electrons. The van der Waals surface area contributed by atoms with Gasteiger partial charge in [-0.05, 0) is 42.9 Å². The van der Waals surface area contributed by atoms with E-state index in [4.69, 9.17) is 11.6 Å². The minimum Gasteiger partial charge on any atom is -0.356 e. The summed E-state index contributed by atoms with van der Waals surface area (Å²) in [6.07, 6.45) is 5.56. The Balaban J connectivity index is 1.60. The first-order chi connectivity index (χ1) is 12.0. The summed E-state index contributed by atoms with van der Waals surface area (Å²) < 4.78 is 23.2. The number of halogens is 1. The minimum absolute atomic E-state index is 0.173. The van der Waals surface area contributed by atoms with Gasteiger partial charge in [0.1, 0.15) is 0 Å². The smallest absolute Gasteiger partial charge is 0.191 e. The van der Waals surface area contributed by atoms with Crippen molar-refractivity contribution in [2.45, 2.75) is 44.7 Å². The summed E-state index contributed by atoms with van der Waals surface area (Å²) in [4.78, 5) is 4.68. The van der Waals surface area contributed by atoms with Gasteiger partial charge in [0.25, 0.3) is 0 Å². The van der Waals surface area contributed by atoms with Gasteiger partial charge in [0, 0.05) is 17.6 Å². The van der Waals surface area contributed by atoms with E-state index in [1.807, 2.05) is 24.3 Å². The molecular formula is C18H26ClN3O2S. The molecule has 0 aromatic heterocycles. The van der Waals surface area contributed by atoms with Crippen LogP contribution in [0.3, 0.4) is 0 Å². The Morgan fingerprint density at radius 1 is 1.24 bits per heavy atom. The number of nitrogens with zero attached hydrogens (tertiary/aromatic N) is 1. The topological polar surface area (TPSA) is 70.6 Å². The van der Waals surface area contributed by atoms with Gasteiger partial charge in [-0.3, -0.25) is 0 Å². The minimum atomic E-state index is -2.84. The van der Waals surface area contributed by atoms with Crippen molar-refractivity contribution < 1.29 is 8.42 Å². The molecule has 7 heteroatoms. The highest BCUT2D eigenvalue weighted by molar-refractivity contribution is 7.91. The van der Waals surface area contributed by atoms with Crippen LogP contribution in [0.15, 0.2) is 29.3 Å². The van der Waals surface area contributed by atoms with Crippen LogP contribution in [0.4, 0.5) is 0 Å². The predicted molar refractivity (Wildman–Crippen MR) is 103 cm³/mol. The molecule has 2 fully saturated rings. The molecule has 2 N–H and O–H groups in total. The van der Waals surface area contributed by atoms with E-state index in [0.717, 1.165) is 30.8 Å². The van der Waals surface area contributed by atoms with Gasteiger partial charge < -0.3 is 10.6 Å².